The molecule has 1 aliphatic rings. The summed E-state index contributed by atoms with van der Waals surface area (Å²) >= 11 is 18.2. The zero-order valence-corrected chi connectivity index (χ0v) is 14.3. The number of nitrogens with zero attached hydrogens (tertiary/aromatic N) is 1. The first-order chi connectivity index (χ1) is 10.6. The quantitative estimate of drug-likeness (QED) is 0.823. The number of anilines is 1. The lowest BCUT2D eigenvalue weighted by Gasteiger charge is -2.34. The number of hydrogen-bond acceptors (Lipinski definition) is 2. The Kier molecular flexibility index (Phi) is 5.14. The Morgan fingerprint density at radius 1 is 0.955 bits per heavy atom. The van der Waals surface area contributed by atoms with Gasteiger partial charge in [-0.05, 0) is 35.9 Å². The molecule has 2 aromatic carbocycles. The molecule has 1 saturated heterocycles. The molecule has 0 aromatic heterocycles. The van der Waals surface area contributed by atoms with Crippen molar-refractivity contribution in [3.8, 4) is 0 Å². The molecule has 2 aromatic rings. The highest BCUT2D eigenvalue weighted by molar-refractivity contribution is 6.42. The van der Waals surface area contributed by atoms with Gasteiger partial charge < -0.3 is 10.2 Å². The van der Waals surface area contributed by atoms with E-state index >= 15 is 0 Å². The fourth-order valence-corrected chi connectivity index (χ4v) is 2.96. The molecule has 5 heteroatoms. The monoisotopic (exact) mass is 354 g/mol. The van der Waals surface area contributed by atoms with Gasteiger partial charge in [0, 0.05) is 42.8 Å². The number of benzene rings is 2. The number of rotatable bonds is 5. The van der Waals surface area contributed by atoms with Gasteiger partial charge in [0.2, 0.25) is 0 Å². The lowest BCUT2D eigenvalue weighted by Crippen LogP contribution is -2.48. The van der Waals surface area contributed by atoms with E-state index in [1.165, 1.54) is 5.56 Å². The average molecular weight is 356 g/mol. The lowest BCUT2D eigenvalue weighted by molar-refractivity contribution is 0.348. The summed E-state index contributed by atoms with van der Waals surface area (Å²) in [6.45, 7) is 3.95. The van der Waals surface area contributed by atoms with Crippen LogP contribution < -0.4 is 10.2 Å². The van der Waals surface area contributed by atoms with Gasteiger partial charge in [0.15, 0.2) is 0 Å². The third-order valence-corrected chi connectivity index (χ3v) is 4.89. The van der Waals surface area contributed by atoms with Crippen LogP contribution in [0.2, 0.25) is 15.1 Å². The van der Waals surface area contributed by atoms with Crippen molar-refractivity contribution in [1.82, 2.24) is 5.32 Å². The van der Waals surface area contributed by atoms with Crippen LogP contribution in [0.25, 0.3) is 0 Å². The van der Waals surface area contributed by atoms with E-state index in [9.17, 15) is 0 Å². The Bertz CT molecular complexity index is 639. The Labute approximate surface area is 146 Å². The largest absolute Gasteiger partial charge is 0.367 e. The van der Waals surface area contributed by atoms with Gasteiger partial charge in [0.1, 0.15) is 0 Å². The summed E-state index contributed by atoms with van der Waals surface area (Å²) < 4.78 is 0. The van der Waals surface area contributed by atoms with Crippen molar-refractivity contribution in [2.45, 2.75) is 6.54 Å². The molecular formula is C17H17Cl3N2. The Hall–Kier alpha value is -0.930. The zero-order chi connectivity index (χ0) is 15.5. The first-order valence-electron chi connectivity index (χ1n) is 7.27. The predicted octanol–water partition coefficient (Wildman–Crippen LogP) is 4.87. The Morgan fingerprint density at radius 2 is 1.68 bits per heavy atom. The molecule has 116 valence electrons. The highest BCUT2D eigenvalue weighted by Gasteiger charge is 2.21. The highest BCUT2D eigenvalue weighted by atomic mass is 35.5. The van der Waals surface area contributed by atoms with Gasteiger partial charge in [-0.2, -0.15) is 0 Å². The highest BCUT2D eigenvalue weighted by Crippen LogP contribution is 2.29. The maximum atomic E-state index is 6.18. The number of nitrogens with one attached hydrogen (secondary N) is 1. The van der Waals surface area contributed by atoms with E-state index in [-0.39, 0.29) is 0 Å². The van der Waals surface area contributed by atoms with Gasteiger partial charge in [-0.3, -0.25) is 0 Å². The molecule has 0 saturated carbocycles. The molecule has 3 rings (SSSR count). The molecule has 0 bridgehead atoms. The van der Waals surface area contributed by atoms with Crippen molar-refractivity contribution in [1.29, 1.82) is 0 Å². The SMILES string of the molecule is Clc1ccc(CN(CC2CNC2)c2ccc(Cl)c(Cl)c2)cc1. The van der Waals surface area contributed by atoms with Crippen molar-refractivity contribution < 1.29 is 0 Å². The van der Waals surface area contributed by atoms with Gasteiger partial charge >= 0.3 is 0 Å². The Morgan fingerprint density at radius 3 is 2.27 bits per heavy atom. The smallest absolute Gasteiger partial charge is 0.0612 e. The molecule has 22 heavy (non-hydrogen) atoms. The molecule has 0 atom stereocenters. The molecule has 1 N–H and O–H groups in total. The average Bonchev–Trinajstić information content (AvgIpc) is 2.46. The zero-order valence-electron chi connectivity index (χ0n) is 12.0. The minimum absolute atomic E-state index is 0.585. The van der Waals surface area contributed by atoms with E-state index in [0.717, 1.165) is 36.9 Å². The fourth-order valence-electron chi connectivity index (χ4n) is 2.54. The molecule has 0 radical (unpaired) electrons. The first kappa shape index (κ1) is 15.9. The summed E-state index contributed by atoms with van der Waals surface area (Å²) in [4.78, 5) is 2.34. The van der Waals surface area contributed by atoms with Gasteiger partial charge in [-0.25, -0.2) is 0 Å². The summed E-state index contributed by atoms with van der Waals surface area (Å²) in [5, 5.41) is 5.25. The van der Waals surface area contributed by atoms with Gasteiger partial charge in [-0.1, -0.05) is 46.9 Å². The molecule has 0 unspecified atom stereocenters. The predicted molar refractivity (Wildman–Crippen MR) is 95.3 cm³/mol. The molecule has 0 aliphatic carbocycles. The minimum atomic E-state index is 0.585. The summed E-state index contributed by atoms with van der Waals surface area (Å²) in [5.41, 5.74) is 2.32. The van der Waals surface area contributed by atoms with Crippen LogP contribution in [0.4, 0.5) is 5.69 Å². The van der Waals surface area contributed by atoms with E-state index in [4.69, 9.17) is 34.8 Å². The maximum Gasteiger partial charge on any atom is 0.0612 e. The standard InChI is InChI=1S/C17H17Cl3N2/c18-14-3-1-12(2-4-14)10-22(11-13-8-21-9-13)15-5-6-16(19)17(20)7-15/h1-7,13,21H,8-11H2. The molecule has 1 aliphatic heterocycles. The molecule has 1 heterocycles. The van der Waals surface area contributed by atoms with Crippen molar-refractivity contribution in [2.24, 2.45) is 5.92 Å². The second-order valence-electron chi connectivity index (χ2n) is 5.63. The van der Waals surface area contributed by atoms with Crippen LogP contribution in [0.15, 0.2) is 42.5 Å². The normalized spacial score (nSPS) is 14.7. The third-order valence-electron chi connectivity index (χ3n) is 3.90. The molecule has 0 spiro atoms. The summed E-state index contributed by atoms with van der Waals surface area (Å²) in [7, 11) is 0. The van der Waals surface area contributed by atoms with Crippen LogP contribution in [0.1, 0.15) is 5.56 Å². The number of halogens is 3. The Balaban J connectivity index is 1.81. The van der Waals surface area contributed by atoms with Crippen molar-refractivity contribution in [2.75, 3.05) is 24.5 Å². The van der Waals surface area contributed by atoms with E-state index in [1.54, 1.807) is 0 Å². The first-order valence-corrected chi connectivity index (χ1v) is 8.40. The van der Waals surface area contributed by atoms with Gasteiger partial charge in [0.25, 0.3) is 0 Å². The topological polar surface area (TPSA) is 15.3 Å². The summed E-state index contributed by atoms with van der Waals surface area (Å²) in [6.07, 6.45) is 0. The van der Waals surface area contributed by atoms with Crippen molar-refractivity contribution in [3.63, 3.8) is 0 Å². The van der Waals surface area contributed by atoms with E-state index in [2.05, 4.69) is 22.3 Å². The molecule has 2 nitrogen and oxygen atoms in total. The van der Waals surface area contributed by atoms with Crippen molar-refractivity contribution >= 4 is 40.5 Å². The molecule has 1 fully saturated rings. The fraction of sp³-hybridized carbons (Fsp3) is 0.294. The minimum Gasteiger partial charge on any atom is -0.367 e. The summed E-state index contributed by atoms with van der Waals surface area (Å²) in [6, 6.07) is 13.8. The maximum absolute atomic E-state index is 6.18. The number of hydrogen-bond donors (Lipinski definition) is 1. The van der Waals surface area contributed by atoms with E-state index in [0.29, 0.717) is 16.0 Å². The summed E-state index contributed by atoms with van der Waals surface area (Å²) in [5.74, 6) is 0.668. The van der Waals surface area contributed by atoms with E-state index in [1.807, 2.05) is 30.3 Å². The van der Waals surface area contributed by atoms with Crippen LogP contribution in [-0.2, 0) is 6.54 Å². The molecular weight excluding hydrogens is 339 g/mol. The van der Waals surface area contributed by atoms with Crippen LogP contribution in [0, 0.1) is 5.92 Å². The van der Waals surface area contributed by atoms with Gasteiger partial charge in [-0.15, -0.1) is 0 Å². The lowest BCUT2D eigenvalue weighted by atomic mass is 10.0. The molecule has 0 amide bonds. The van der Waals surface area contributed by atoms with E-state index < -0.39 is 0 Å². The van der Waals surface area contributed by atoms with Crippen LogP contribution in [0.5, 0.6) is 0 Å². The third kappa shape index (κ3) is 3.88. The van der Waals surface area contributed by atoms with Crippen LogP contribution in [0.3, 0.4) is 0 Å². The van der Waals surface area contributed by atoms with Crippen LogP contribution >= 0.6 is 34.8 Å². The van der Waals surface area contributed by atoms with Crippen LogP contribution in [-0.4, -0.2) is 19.6 Å². The second-order valence-corrected chi connectivity index (χ2v) is 6.88. The second kappa shape index (κ2) is 7.10. The van der Waals surface area contributed by atoms with Gasteiger partial charge in [0.05, 0.1) is 10.0 Å². The van der Waals surface area contributed by atoms with Crippen molar-refractivity contribution in [3.05, 3.63) is 63.1 Å².